The fourth-order valence-corrected chi connectivity index (χ4v) is 2.36. The summed E-state index contributed by atoms with van der Waals surface area (Å²) in [7, 11) is 0. The van der Waals surface area contributed by atoms with E-state index < -0.39 is 5.82 Å². The highest BCUT2D eigenvalue weighted by atomic mass is 35.5. The quantitative estimate of drug-likeness (QED) is 0.892. The molecule has 6 heteroatoms. The molecule has 1 aliphatic heterocycles. The molecule has 0 saturated carbocycles. The molecule has 1 saturated heterocycles. The van der Waals surface area contributed by atoms with Gasteiger partial charge >= 0.3 is 0 Å². The van der Waals surface area contributed by atoms with Crippen LogP contribution in [0.3, 0.4) is 0 Å². The molecule has 2 N–H and O–H groups in total. The Morgan fingerprint density at radius 2 is 2.06 bits per heavy atom. The number of rotatable bonds is 3. The number of benzene rings is 1. The van der Waals surface area contributed by atoms with Gasteiger partial charge in [-0.25, -0.2) is 4.39 Å². The minimum absolute atomic E-state index is 0.0492. The molecule has 0 spiro atoms. The van der Waals surface area contributed by atoms with Gasteiger partial charge in [0, 0.05) is 19.0 Å². The van der Waals surface area contributed by atoms with Crippen molar-refractivity contribution in [3.8, 4) is 0 Å². The predicted molar refractivity (Wildman–Crippen MR) is 66.1 cm³/mol. The van der Waals surface area contributed by atoms with Crippen LogP contribution < -0.4 is 10.6 Å². The molecule has 1 unspecified atom stereocenters. The van der Waals surface area contributed by atoms with Gasteiger partial charge in [-0.15, -0.1) is 0 Å². The average Bonchev–Trinajstić information content (AvgIpc) is 2.62. The zero-order valence-corrected chi connectivity index (χ0v) is 10.4. The van der Waals surface area contributed by atoms with Crippen molar-refractivity contribution >= 4 is 34.8 Å². The van der Waals surface area contributed by atoms with Gasteiger partial charge in [0.1, 0.15) is 5.82 Å². The van der Waals surface area contributed by atoms with Crippen LogP contribution in [-0.2, 0) is 4.79 Å². The van der Waals surface area contributed by atoms with Crippen molar-refractivity contribution in [2.24, 2.45) is 0 Å². The average molecular weight is 277 g/mol. The summed E-state index contributed by atoms with van der Waals surface area (Å²) < 4.78 is 12.9. The fraction of sp³-hybridized carbons (Fsp3) is 0.364. The lowest BCUT2D eigenvalue weighted by molar-refractivity contribution is -0.119. The van der Waals surface area contributed by atoms with Crippen molar-refractivity contribution in [3.05, 3.63) is 28.0 Å². The monoisotopic (exact) mass is 276 g/mol. The zero-order chi connectivity index (χ0) is 12.4. The maximum Gasteiger partial charge on any atom is 0.220 e. The normalized spacial score (nSPS) is 19.2. The van der Waals surface area contributed by atoms with E-state index in [2.05, 4.69) is 10.6 Å². The third kappa shape index (κ3) is 3.01. The van der Waals surface area contributed by atoms with Gasteiger partial charge in [0.25, 0.3) is 0 Å². The molecule has 1 fully saturated rings. The Labute approximate surface area is 108 Å². The number of hydrogen-bond acceptors (Lipinski definition) is 2. The molecule has 92 valence electrons. The molecular weight excluding hydrogens is 266 g/mol. The zero-order valence-electron chi connectivity index (χ0n) is 8.90. The first kappa shape index (κ1) is 12.5. The van der Waals surface area contributed by atoms with Crippen LogP contribution >= 0.6 is 23.2 Å². The number of amides is 1. The minimum Gasteiger partial charge on any atom is -0.381 e. The van der Waals surface area contributed by atoms with Gasteiger partial charge in [-0.1, -0.05) is 23.2 Å². The summed E-state index contributed by atoms with van der Waals surface area (Å²) in [5.41, 5.74) is 0.496. The molecule has 17 heavy (non-hydrogen) atoms. The van der Waals surface area contributed by atoms with E-state index in [1.54, 1.807) is 0 Å². The molecule has 2 rings (SSSR count). The Morgan fingerprint density at radius 1 is 1.41 bits per heavy atom. The SMILES string of the molecule is O=C1CCC(CNc2c(Cl)cc(F)cc2Cl)N1. The van der Waals surface area contributed by atoms with E-state index in [-0.39, 0.29) is 22.0 Å². The van der Waals surface area contributed by atoms with Gasteiger partial charge in [0.15, 0.2) is 0 Å². The summed E-state index contributed by atoms with van der Waals surface area (Å²) in [5, 5.41) is 6.31. The van der Waals surface area contributed by atoms with Crippen molar-refractivity contribution < 1.29 is 9.18 Å². The molecule has 0 radical (unpaired) electrons. The lowest BCUT2D eigenvalue weighted by atomic mass is 10.2. The highest BCUT2D eigenvalue weighted by molar-refractivity contribution is 6.39. The van der Waals surface area contributed by atoms with E-state index in [4.69, 9.17) is 23.2 Å². The van der Waals surface area contributed by atoms with E-state index >= 15 is 0 Å². The first-order valence-electron chi connectivity index (χ1n) is 5.24. The second-order valence-corrected chi connectivity index (χ2v) is 4.74. The van der Waals surface area contributed by atoms with Crippen molar-refractivity contribution in [2.75, 3.05) is 11.9 Å². The van der Waals surface area contributed by atoms with Crippen molar-refractivity contribution in [2.45, 2.75) is 18.9 Å². The van der Waals surface area contributed by atoms with Crippen LogP contribution in [0.25, 0.3) is 0 Å². The second-order valence-electron chi connectivity index (χ2n) is 3.93. The van der Waals surface area contributed by atoms with Crippen LogP contribution in [0.2, 0.25) is 10.0 Å². The number of anilines is 1. The molecule has 3 nitrogen and oxygen atoms in total. The van der Waals surface area contributed by atoms with Crippen molar-refractivity contribution in [1.29, 1.82) is 0 Å². The molecule has 0 aliphatic carbocycles. The number of carbonyl (C=O) groups excluding carboxylic acids is 1. The van der Waals surface area contributed by atoms with Crippen LogP contribution in [0.1, 0.15) is 12.8 Å². The molecule has 1 heterocycles. The van der Waals surface area contributed by atoms with Gasteiger partial charge in [0.05, 0.1) is 15.7 Å². The predicted octanol–water partition coefficient (Wildman–Crippen LogP) is 2.82. The van der Waals surface area contributed by atoms with Gasteiger partial charge < -0.3 is 10.6 Å². The van der Waals surface area contributed by atoms with Crippen molar-refractivity contribution in [1.82, 2.24) is 5.32 Å². The molecule has 1 aromatic carbocycles. The first-order chi connectivity index (χ1) is 8.06. The largest absolute Gasteiger partial charge is 0.381 e. The Balaban J connectivity index is 2.01. The Morgan fingerprint density at radius 3 is 2.59 bits per heavy atom. The van der Waals surface area contributed by atoms with Crippen LogP contribution in [0.5, 0.6) is 0 Å². The summed E-state index contributed by atoms with van der Waals surface area (Å²) in [6.07, 6.45) is 1.32. The standard InChI is InChI=1S/C11H11Cl2FN2O/c12-8-3-6(14)4-9(13)11(8)15-5-7-1-2-10(17)16-7/h3-4,7,15H,1-2,5H2,(H,16,17). The highest BCUT2D eigenvalue weighted by Gasteiger charge is 2.20. The molecule has 1 atom stereocenters. The molecule has 1 amide bonds. The van der Waals surface area contributed by atoms with Gasteiger partial charge in [-0.05, 0) is 18.6 Å². The molecule has 1 aromatic rings. The number of carbonyl (C=O) groups is 1. The summed E-state index contributed by atoms with van der Waals surface area (Å²) in [6.45, 7) is 0.525. The number of halogens is 3. The summed E-state index contributed by atoms with van der Waals surface area (Å²) in [6, 6.07) is 2.46. The van der Waals surface area contributed by atoms with Crippen molar-refractivity contribution in [3.63, 3.8) is 0 Å². The Kier molecular flexibility index (Phi) is 3.74. The summed E-state index contributed by atoms with van der Waals surface area (Å²) >= 11 is 11.7. The third-order valence-electron chi connectivity index (χ3n) is 2.62. The first-order valence-corrected chi connectivity index (χ1v) is 5.99. The van der Waals surface area contributed by atoms with E-state index in [1.165, 1.54) is 12.1 Å². The number of nitrogens with one attached hydrogen (secondary N) is 2. The number of hydrogen-bond donors (Lipinski definition) is 2. The van der Waals surface area contributed by atoms with E-state index in [9.17, 15) is 9.18 Å². The molecule has 0 aromatic heterocycles. The second kappa shape index (κ2) is 5.10. The van der Waals surface area contributed by atoms with E-state index in [0.717, 1.165) is 6.42 Å². The topological polar surface area (TPSA) is 41.1 Å². The fourth-order valence-electron chi connectivity index (χ4n) is 1.77. The van der Waals surface area contributed by atoms with E-state index in [1.807, 2.05) is 0 Å². The third-order valence-corrected chi connectivity index (χ3v) is 3.21. The summed E-state index contributed by atoms with van der Waals surface area (Å²) in [5.74, 6) is -0.423. The Hall–Kier alpha value is -1.00. The maximum atomic E-state index is 12.9. The molecular formula is C11H11Cl2FN2O. The lowest BCUT2D eigenvalue weighted by Gasteiger charge is -2.14. The highest BCUT2D eigenvalue weighted by Crippen LogP contribution is 2.31. The summed E-state index contributed by atoms with van der Waals surface area (Å²) in [4.78, 5) is 11.0. The minimum atomic E-state index is -0.472. The van der Waals surface area contributed by atoms with Crippen LogP contribution in [0.15, 0.2) is 12.1 Å². The Bertz CT molecular complexity index is 430. The maximum absolute atomic E-state index is 12.9. The smallest absolute Gasteiger partial charge is 0.220 e. The van der Waals surface area contributed by atoms with E-state index in [0.29, 0.717) is 18.7 Å². The van der Waals surface area contributed by atoms with Crippen LogP contribution in [0.4, 0.5) is 10.1 Å². The molecule has 0 bridgehead atoms. The lowest BCUT2D eigenvalue weighted by Crippen LogP contribution is -2.31. The van der Waals surface area contributed by atoms with Gasteiger partial charge in [-0.3, -0.25) is 4.79 Å². The molecule has 1 aliphatic rings. The van der Waals surface area contributed by atoms with Crippen LogP contribution in [0, 0.1) is 5.82 Å². The van der Waals surface area contributed by atoms with Crippen LogP contribution in [-0.4, -0.2) is 18.5 Å². The van der Waals surface area contributed by atoms with Gasteiger partial charge in [0.2, 0.25) is 5.91 Å². The van der Waals surface area contributed by atoms with Gasteiger partial charge in [-0.2, -0.15) is 0 Å².